The normalized spacial score (nSPS) is 14.2. The molecule has 1 aromatic heterocycles. The quantitative estimate of drug-likeness (QED) is 0.277. The second-order valence-corrected chi connectivity index (χ2v) is 9.83. The van der Waals surface area contributed by atoms with Crippen LogP contribution in [0.15, 0.2) is 42.6 Å². The molecule has 0 bridgehead atoms. The highest BCUT2D eigenvalue weighted by atomic mass is 16.5. The molecule has 2 aromatic carbocycles. The minimum absolute atomic E-state index is 0.107. The largest absolute Gasteiger partial charge is 0.489 e. The summed E-state index contributed by atoms with van der Waals surface area (Å²) in [6.45, 7) is 7.02. The number of fused-ring (bicyclic) bond motifs is 1. The Morgan fingerprint density at radius 1 is 1.17 bits per heavy atom. The third-order valence-electron chi connectivity index (χ3n) is 6.73. The third kappa shape index (κ3) is 6.80. The number of amides is 1. The van der Waals surface area contributed by atoms with Crippen molar-refractivity contribution < 1.29 is 19.4 Å². The number of aliphatic hydroxyl groups excluding tert-OH is 1. The third-order valence-corrected chi connectivity index (χ3v) is 6.73. The van der Waals surface area contributed by atoms with E-state index in [0.29, 0.717) is 37.6 Å². The Labute approximate surface area is 213 Å². The number of benzene rings is 2. The summed E-state index contributed by atoms with van der Waals surface area (Å²) in [5, 5.41) is 13.7. The van der Waals surface area contributed by atoms with Gasteiger partial charge < -0.3 is 30.2 Å². The van der Waals surface area contributed by atoms with E-state index in [2.05, 4.69) is 37.4 Å². The topological polar surface area (TPSA) is 98.7 Å². The van der Waals surface area contributed by atoms with Crippen molar-refractivity contribution in [3.8, 4) is 11.5 Å². The number of nitrogens with zero attached hydrogens (tertiary/aromatic N) is 1. The van der Waals surface area contributed by atoms with Crippen molar-refractivity contribution in [3.63, 3.8) is 0 Å². The maximum atomic E-state index is 12.2. The fraction of sp³-hybridized carbons (Fsp3) is 0.483. The number of nitrogens with two attached hydrogens (primary N) is 1. The number of aromatic nitrogens is 1. The molecule has 4 N–H and O–H groups in total. The molecule has 7 nitrogen and oxygen atoms in total. The zero-order valence-corrected chi connectivity index (χ0v) is 21.5. The first kappa shape index (κ1) is 26.0. The van der Waals surface area contributed by atoms with Gasteiger partial charge in [0.2, 0.25) is 0 Å². The fourth-order valence-electron chi connectivity index (χ4n) is 4.53. The van der Waals surface area contributed by atoms with Crippen LogP contribution >= 0.6 is 0 Å². The van der Waals surface area contributed by atoms with E-state index in [0.717, 1.165) is 47.4 Å². The van der Waals surface area contributed by atoms with Gasteiger partial charge in [0, 0.05) is 37.3 Å². The van der Waals surface area contributed by atoms with Crippen molar-refractivity contribution in [2.75, 3.05) is 26.4 Å². The highest BCUT2D eigenvalue weighted by molar-refractivity contribution is 6.05. The van der Waals surface area contributed by atoms with E-state index in [1.54, 1.807) is 0 Å². The van der Waals surface area contributed by atoms with Crippen molar-refractivity contribution in [1.29, 1.82) is 0 Å². The number of ether oxygens (including phenoxy) is 2. The van der Waals surface area contributed by atoms with Crippen LogP contribution in [-0.4, -0.2) is 48.0 Å². The first-order chi connectivity index (χ1) is 17.5. The molecule has 3 aromatic rings. The molecule has 0 aliphatic heterocycles. The van der Waals surface area contributed by atoms with Gasteiger partial charge in [-0.3, -0.25) is 4.79 Å². The number of nitrogens with one attached hydrogen (secondary N) is 1. The molecule has 1 unspecified atom stereocenters. The predicted octanol–water partition coefficient (Wildman–Crippen LogP) is 4.07. The van der Waals surface area contributed by atoms with E-state index in [9.17, 15) is 4.79 Å². The van der Waals surface area contributed by atoms with Gasteiger partial charge in [0.15, 0.2) is 11.5 Å². The van der Waals surface area contributed by atoms with Crippen molar-refractivity contribution in [1.82, 2.24) is 9.88 Å². The van der Waals surface area contributed by atoms with E-state index in [1.807, 2.05) is 29.0 Å². The lowest BCUT2D eigenvalue weighted by Crippen LogP contribution is -2.32. The lowest BCUT2D eigenvalue weighted by atomic mass is 10.0. The molecule has 0 spiro atoms. The molecule has 1 aliphatic rings. The van der Waals surface area contributed by atoms with E-state index in [1.165, 1.54) is 18.4 Å². The summed E-state index contributed by atoms with van der Waals surface area (Å²) >= 11 is 0. The summed E-state index contributed by atoms with van der Waals surface area (Å²) in [7, 11) is 0. The molecule has 194 valence electrons. The van der Waals surface area contributed by atoms with Gasteiger partial charge in [0.05, 0.1) is 17.7 Å². The monoisotopic (exact) mass is 493 g/mol. The molecule has 7 heteroatoms. The molecule has 1 saturated carbocycles. The molecule has 0 saturated heterocycles. The highest BCUT2D eigenvalue weighted by Gasteiger charge is 2.22. The number of primary amides is 1. The molecule has 1 fully saturated rings. The Morgan fingerprint density at radius 3 is 2.72 bits per heavy atom. The van der Waals surface area contributed by atoms with Gasteiger partial charge in [-0.1, -0.05) is 13.0 Å². The SMILES string of the molecule is CCc1ccc(OCCNC(C)Cc2cc(C(N)=O)c3c(ccn3CCCO)c2)c(OCC2CC2)c1. The maximum Gasteiger partial charge on any atom is 0.250 e. The standard InChI is InChI=1S/C29H39N3O4/c1-3-21-7-8-26(27(18-21)36-19-22-5-6-22)35-14-10-31-20(2)15-23-16-24-9-12-32(11-4-13-33)28(24)25(17-23)29(30)34/h7-9,12,16-18,20,22,31,33H,3-6,10-11,13-15,19H2,1-2H3,(H2,30,34). The lowest BCUT2D eigenvalue weighted by molar-refractivity contribution is 0.100. The van der Waals surface area contributed by atoms with E-state index < -0.39 is 5.91 Å². The van der Waals surface area contributed by atoms with Crippen LogP contribution in [0.2, 0.25) is 0 Å². The van der Waals surface area contributed by atoms with Crippen LogP contribution in [0.1, 0.15) is 54.6 Å². The first-order valence-electron chi connectivity index (χ1n) is 13.1. The van der Waals surface area contributed by atoms with Gasteiger partial charge in [0.1, 0.15) is 6.61 Å². The van der Waals surface area contributed by atoms with Crippen LogP contribution in [0.5, 0.6) is 11.5 Å². The van der Waals surface area contributed by atoms with Gasteiger partial charge in [-0.15, -0.1) is 0 Å². The molecule has 1 heterocycles. The molecule has 1 aliphatic carbocycles. The lowest BCUT2D eigenvalue weighted by Gasteiger charge is -2.17. The Kier molecular flexibility index (Phi) is 8.88. The van der Waals surface area contributed by atoms with Gasteiger partial charge in [-0.2, -0.15) is 0 Å². The smallest absolute Gasteiger partial charge is 0.250 e. The van der Waals surface area contributed by atoms with Crippen LogP contribution < -0.4 is 20.5 Å². The second-order valence-electron chi connectivity index (χ2n) is 9.83. The molecule has 36 heavy (non-hydrogen) atoms. The Balaban J connectivity index is 1.32. The number of aliphatic hydroxyl groups is 1. The number of aryl methyl sites for hydroxylation is 2. The Bertz CT molecular complexity index is 1170. The van der Waals surface area contributed by atoms with Crippen molar-refractivity contribution >= 4 is 16.8 Å². The molecule has 4 rings (SSSR count). The average molecular weight is 494 g/mol. The Hall–Kier alpha value is -3.03. The molecule has 0 radical (unpaired) electrons. The number of carbonyl (C=O) groups is 1. The van der Waals surface area contributed by atoms with Gasteiger partial charge in [0.25, 0.3) is 5.91 Å². The van der Waals surface area contributed by atoms with Gasteiger partial charge >= 0.3 is 0 Å². The Morgan fingerprint density at radius 2 is 2.00 bits per heavy atom. The number of carbonyl (C=O) groups excluding carboxylic acids is 1. The number of hydrogen-bond donors (Lipinski definition) is 3. The zero-order valence-electron chi connectivity index (χ0n) is 21.5. The predicted molar refractivity (Wildman–Crippen MR) is 143 cm³/mol. The maximum absolute atomic E-state index is 12.2. The molecular formula is C29H39N3O4. The van der Waals surface area contributed by atoms with Crippen LogP contribution in [0, 0.1) is 5.92 Å². The van der Waals surface area contributed by atoms with Crippen LogP contribution in [-0.2, 0) is 19.4 Å². The summed E-state index contributed by atoms with van der Waals surface area (Å²) in [5.41, 5.74) is 9.38. The molecule has 1 atom stereocenters. The summed E-state index contributed by atoms with van der Waals surface area (Å²) < 4.78 is 14.1. The van der Waals surface area contributed by atoms with Crippen molar-refractivity contribution in [2.45, 2.75) is 58.5 Å². The van der Waals surface area contributed by atoms with Crippen LogP contribution in [0.4, 0.5) is 0 Å². The fourth-order valence-corrected chi connectivity index (χ4v) is 4.53. The summed E-state index contributed by atoms with van der Waals surface area (Å²) in [5.74, 6) is 1.89. The van der Waals surface area contributed by atoms with Gasteiger partial charge in [-0.25, -0.2) is 0 Å². The minimum Gasteiger partial charge on any atom is -0.489 e. The van der Waals surface area contributed by atoms with E-state index in [4.69, 9.17) is 20.3 Å². The molecular weight excluding hydrogens is 454 g/mol. The van der Waals surface area contributed by atoms with Crippen molar-refractivity contribution in [3.05, 3.63) is 59.3 Å². The second kappa shape index (κ2) is 12.3. The summed E-state index contributed by atoms with van der Waals surface area (Å²) in [6.07, 6.45) is 6.83. The number of rotatable bonds is 15. The average Bonchev–Trinajstić information content (AvgIpc) is 3.62. The molecule has 1 amide bonds. The summed E-state index contributed by atoms with van der Waals surface area (Å²) in [4.78, 5) is 12.2. The van der Waals surface area contributed by atoms with Gasteiger partial charge in [-0.05, 0) is 86.4 Å². The van der Waals surface area contributed by atoms with Crippen LogP contribution in [0.3, 0.4) is 0 Å². The minimum atomic E-state index is -0.436. The van der Waals surface area contributed by atoms with E-state index in [-0.39, 0.29) is 12.6 Å². The highest BCUT2D eigenvalue weighted by Crippen LogP contribution is 2.33. The van der Waals surface area contributed by atoms with Crippen molar-refractivity contribution in [2.24, 2.45) is 11.7 Å². The first-order valence-corrected chi connectivity index (χ1v) is 13.1. The van der Waals surface area contributed by atoms with E-state index >= 15 is 0 Å². The number of hydrogen-bond acceptors (Lipinski definition) is 5. The van der Waals surface area contributed by atoms with Crippen LogP contribution in [0.25, 0.3) is 10.9 Å². The zero-order chi connectivity index (χ0) is 25.5. The summed E-state index contributed by atoms with van der Waals surface area (Å²) in [6, 6.07) is 12.4.